The van der Waals surface area contributed by atoms with Gasteiger partial charge in [-0.25, -0.2) is 0 Å². The van der Waals surface area contributed by atoms with E-state index in [1.807, 2.05) is 31.2 Å². The molecule has 1 atom stereocenters. The van der Waals surface area contributed by atoms with Gasteiger partial charge in [-0.05, 0) is 31.4 Å². The first-order valence-corrected chi connectivity index (χ1v) is 7.87. The zero-order valence-corrected chi connectivity index (χ0v) is 13.9. The Morgan fingerprint density at radius 3 is 1.96 bits per heavy atom. The molecule has 0 aliphatic carbocycles. The molecule has 124 valence electrons. The zero-order valence-electron chi connectivity index (χ0n) is 13.9. The van der Waals surface area contributed by atoms with Crippen LogP contribution in [0.3, 0.4) is 0 Å². The first-order valence-electron chi connectivity index (χ1n) is 7.87. The lowest BCUT2D eigenvalue weighted by molar-refractivity contribution is -0.162. The molecule has 23 heavy (non-hydrogen) atoms. The van der Waals surface area contributed by atoms with Crippen molar-refractivity contribution in [2.45, 2.75) is 39.5 Å². The van der Waals surface area contributed by atoms with Crippen molar-refractivity contribution in [1.82, 2.24) is 0 Å². The van der Waals surface area contributed by atoms with Gasteiger partial charge < -0.3 is 9.47 Å². The van der Waals surface area contributed by atoms with Crippen molar-refractivity contribution in [3.63, 3.8) is 0 Å². The van der Waals surface area contributed by atoms with Gasteiger partial charge >= 0.3 is 11.9 Å². The lowest BCUT2D eigenvalue weighted by atomic mass is 9.83. The van der Waals surface area contributed by atoms with Gasteiger partial charge in [0, 0.05) is 12.3 Å². The van der Waals surface area contributed by atoms with E-state index in [0.717, 1.165) is 17.5 Å². The fraction of sp³-hybridized carbons (Fsp3) is 0.500. The highest BCUT2D eigenvalue weighted by molar-refractivity contribution is 5.96. The van der Waals surface area contributed by atoms with Crippen LogP contribution < -0.4 is 0 Å². The highest BCUT2D eigenvalue weighted by atomic mass is 16.6. The Balaban J connectivity index is 3.19. The highest BCUT2D eigenvalue weighted by Gasteiger charge is 2.38. The molecule has 5 nitrogen and oxygen atoms in total. The van der Waals surface area contributed by atoms with E-state index >= 15 is 0 Å². The third-order valence-electron chi connectivity index (χ3n) is 3.61. The molecule has 0 fully saturated rings. The minimum atomic E-state index is -1.12. The van der Waals surface area contributed by atoms with E-state index < -0.39 is 23.8 Å². The summed E-state index contributed by atoms with van der Waals surface area (Å²) in [6.07, 6.45) is 0.927. The number of esters is 2. The Bertz CT molecular complexity index is 541. The summed E-state index contributed by atoms with van der Waals surface area (Å²) in [5.41, 5.74) is 1.91. The number of nitriles is 1. The van der Waals surface area contributed by atoms with Crippen molar-refractivity contribution >= 4 is 11.9 Å². The van der Waals surface area contributed by atoms with Gasteiger partial charge in [0.05, 0.1) is 19.3 Å². The molecule has 0 amide bonds. The minimum Gasteiger partial charge on any atom is -0.465 e. The van der Waals surface area contributed by atoms with Crippen LogP contribution in [0, 0.1) is 17.2 Å². The van der Waals surface area contributed by atoms with Gasteiger partial charge in [0.25, 0.3) is 0 Å². The molecule has 0 aliphatic rings. The van der Waals surface area contributed by atoms with E-state index in [1.54, 1.807) is 13.8 Å². The summed E-state index contributed by atoms with van der Waals surface area (Å²) in [5, 5.41) is 9.12. The molecule has 0 radical (unpaired) electrons. The Morgan fingerprint density at radius 1 is 1.04 bits per heavy atom. The number of carbonyl (C=O) groups excluding carboxylic acids is 2. The molecule has 0 N–H and O–H groups in total. The van der Waals surface area contributed by atoms with Crippen LogP contribution in [0.1, 0.15) is 44.2 Å². The fourth-order valence-corrected chi connectivity index (χ4v) is 2.42. The summed E-state index contributed by atoms with van der Waals surface area (Å²) >= 11 is 0. The Hall–Kier alpha value is -2.35. The number of hydrogen-bond donors (Lipinski definition) is 0. The lowest BCUT2D eigenvalue weighted by Crippen LogP contribution is -2.33. The smallest absolute Gasteiger partial charge is 0.320 e. The van der Waals surface area contributed by atoms with Crippen molar-refractivity contribution < 1.29 is 19.1 Å². The van der Waals surface area contributed by atoms with Crippen molar-refractivity contribution in [3.05, 3.63) is 35.4 Å². The van der Waals surface area contributed by atoms with Crippen molar-refractivity contribution in [1.29, 1.82) is 5.26 Å². The minimum absolute atomic E-state index is 0.0355. The number of aryl methyl sites for hydroxylation is 1. The molecule has 1 aromatic rings. The zero-order chi connectivity index (χ0) is 17.2. The Kier molecular flexibility index (Phi) is 7.82. The van der Waals surface area contributed by atoms with Crippen LogP contribution in [0.25, 0.3) is 0 Å². The molecule has 0 saturated heterocycles. The maximum Gasteiger partial charge on any atom is 0.320 e. The maximum atomic E-state index is 12.2. The third-order valence-corrected chi connectivity index (χ3v) is 3.61. The average molecular weight is 317 g/mol. The molecule has 0 aliphatic heterocycles. The average Bonchev–Trinajstić information content (AvgIpc) is 2.55. The Morgan fingerprint density at radius 2 is 1.57 bits per heavy atom. The van der Waals surface area contributed by atoms with Crippen molar-refractivity contribution in [3.8, 4) is 6.07 Å². The van der Waals surface area contributed by atoms with E-state index in [4.69, 9.17) is 14.7 Å². The SMILES string of the molecule is CCOC(=O)C(C(=O)OCC)C(CC#N)c1ccc(CC)cc1. The standard InChI is InChI=1S/C18H23NO4/c1-4-13-7-9-14(10-8-13)15(11-12-19)16(17(20)22-5-2)18(21)23-6-3/h7-10,15-16H,4-6,11H2,1-3H3. The van der Waals surface area contributed by atoms with Crippen LogP contribution >= 0.6 is 0 Å². The Labute approximate surface area is 137 Å². The molecular weight excluding hydrogens is 294 g/mol. The number of benzene rings is 1. The predicted octanol–water partition coefficient (Wildman–Crippen LogP) is 2.99. The van der Waals surface area contributed by atoms with Crippen LogP contribution in [-0.2, 0) is 25.5 Å². The maximum absolute atomic E-state index is 12.2. The lowest BCUT2D eigenvalue weighted by Gasteiger charge is -2.22. The van der Waals surface area contributed by atoms with Gasteiger partial charge in [-0.1, -0.05) is 31.2 Å². The quantitative estimate of drug-likeness (QED) is 0.544. The fourth-order valence-electron chi connectivity index (χ4n) is 2.42. The van der Waals surface area contributed by atoms with Crippen molar-refractivity contribution in [2.24, 2.45) is 5.92 Å². The molecule has 5 heteroatoms. The van der Waals surface area contributed by atoms with Crippen LogP contribution in [0.2, 0.25) is 0 Å². The van der Waals surface area contributed by atoms with E-state index in [-0.39, 0.29) is 19.6 Å². The number of rotatable bonds is 8. The van der Waals surface area contributed by atoms with Gasteiger partial charge in [0.2, 0.25) is 0 Å². The molecule has 0 aromatic heterocycles. The molecule has 1 unspecified atom stereocenters. The molecule has 1 rings (SSSR count). The van der Waals surface area contributed by atoms with Gasteiger partial charge in [0.1, 0.15) is 0 Å². The molecule has 0 heterocycles. The predicted molar refractivity (Wildman–Crippen MR) is 85.5 cm³/mol. The summed E-state index contributed by atoms with van der Waals surface area (Å²) in [5.74, 6) is -3.00. The van der Waals surface area contributed by atoms with Crippen LogP contribution in [0.15, 0.2) is 24.3 Å². The van der Waals surface area contributed by atoms with Gasteiger partial charge in [-0.3, -0.25) is 9.59 Å². The summed E-state index contributed by atoms with van der Waals surface area (Å²) < 4.78 is 10.0. The third kappa shape index (κ3) is 5.10. The summed E-state index contributed by atoms with van der Waals surface area (Å²) in [4.78, 5) is 24.5. The van der Waals surface area contributed by atoms with Gasteiger partial charge in [-0.2, -0.15) is 5.26 Å². The van der Waals surface area contributed by atoms with Crippen LogP contribution in [0.5, 0.6) is 0 Å². The largest absolute Gasteiger partial charge is 0.465 e. The number of carbonyl (C=O) groups is 2. The second-order valence-electron chi connectivity index (χ2n) is 5.05. The second-order valence-corrected chi connectivity index (χ2v) is 5.05. The summed E-state index contributed by atoms with van der Waals surface area (Å²) in [6.45, 7) is 5.73. The highest BCUT2D eigenvalue weighted by Crippen LogP contribution is 2.30. The first kappa shape index (κ1) is 18.7. The normalized spacial score (nSPS) is 11.6. The summed E-state index contributed by atoms with van der Waals surface area (Å²) in [6, 6.07) is 9.64. The van der Waals surface area contributed by atoms with Gasteiger partial charge in [0.15, 0.2) is 5.92 Å². The molecule has 1 aromatic carbocycles. The van der Waals surface area contributed by atoms with Crippen LogP contribution in [-0.4, -0.2) is 25.2 Å². The molecule has 0 spiro atoms. The second kappa shape index (κ2) is 9.62. The van der Waals surface area contributed by atoms with Crippen LogP contribution in [0.4, 0.5) is 0 Å². The number of ether oxygens (including phenoxy) is 2. The number of nitrogens with zero attached hydrogens (tertiary/aromatic N) is 1. The molecule has 0 bridgehead atoms. The topological polar surface area (TPSA) is 76.4 Å². The molecule has 0 saturated carbocycles. The van der Waals surface area contributed by atoms with E-state index in [0.29, 0.717) is 0 Å². The van der Waals surface area contributed by atoms with E-state index in [9.17, 15) is 9.59 Å². The van der Waals surface area contributed by atoms with E-state index in [2.05, 4.69) is 6.07 Å². The number of hydrogen-bond acceptors (Lipinski definition) is 5. The molecular formula is C18H23NO4. The summed E-state index contributed by atoms with van der Waals surface area (Å²) in [7, 11) is 0. The van der Waals surface area contributed by atoms with E-state index in [1.165, 1.54) is 0 Å². The van der Waals surface area contributed by atoms with Gasteiger partial charge in [-0.15, -0.1) is 0 Å². The first-order chi connectivity index (χ1) is 11.1. The monoisotopic (exact) mass is 317 g/mol. The van der Waals surface area contributed by atoms with Crippen molar-refractivity contribution in [2.75, 3.05) is 13.2 Å².